The van der Waals surface area contributed by atoms with Gasteiger partial charge in [0.15, 0.2) is 0 Å². The molecule has 4 nitrogen and oxygen atoms in total. The highest BCUT2D eigenvalue weighted by Gasteiger charge is 2.50. The van der Waals surface area contributed by atoms with Crippen LogP contribution in [0.15, 0.2) is 30.3 Å². The number of carbonyl (C=O) groups excluding carboxylic acids is 1. The number of carbonyl (C=O) groups is 1. The lowest BCUT2D eigenvalue weighted by molar-refractivity contribution is 0.00578. The van der Waals surface area contributed by atoms with Gasteiger partial charge in [0.1, 0.15) is 0 Å². The Labute approximate surface area is 114 Å². The van der Waals surface area contributed by atoms with Gasteiger partial charge < -0.3 is 14.6 Å². The molecule has 1 aliphatic rings. The lowest BCUT2D eigenvalue weighted by atomic mass is 9.90. The molecule has 0 bridgehead atoms. The maximum absolute atomic E-state index is 11.9. The molecule has 1 aliphatic heterocycles. The molecule has 1 N–H and O–H groups in total. The van der Waals surface area contributed by atoms with Crippen molar-refractivity contribution in [1.29, 1.82) is 0 Å². The molecule has 0 unspecified atom stereocenters. The quantitative estimate of drug-likeness (QED) is 0.847. The summed E-state index contributed by atoms with van der Waals surface area (Å²) in [6, 6.07) is 9.11. The van der Waals surface area contributed by atoms with Crippen LogP contribution in [0.25, 0.3) is 0 Å². The van der Waals surface area contributed by atoms with Crippen molar-refractivity contribution < 1.29 is 14.1 Å². The number of rotatable bonds is 3. The largest absolute Gasteiger partial charge is 0.478 e. The smallest absolute Gasteiger partial charge is 0.402 e. The summed E-state index contributed by atoms with van der Waals surface area (Å²) in [5.41, 5.74) is -0.0939. The van der Waals surface area contributed by atoms with Gasteiger partial charge in [0.2, 0.25) is 0 Å². The molecule has 5 heteroatoms. The van der Waals surface area contributed by atoms with Crippen molar-refractivity contribution in [3.05, 3.63) is 35.9 Å². The molecule has 1 heterocycles. The van der Waals surface area contributed by atoms with Gasteiger partial charge in [0, 0.05) is 5.56 Å². The van der Waals surface area contributed by atoms with Gasteiger partial charge >= 0.3 is 7.12 Å². The second kappa shape index (κ2) is 4.98. The maximum Gasteiger partial charge on any atom is 0.478 e. The second-order valence-corrected chi connectivity index (χ2v) is 5.76. The first-order valence-electron chi connectivity index (χ1n) is 6.51. The summed E-state index contributed by atoms with van der Waals surface area (Å²) in [4.78, 5) is 11.9. The van der Waals surface area contributed by atoms with Crippen molar-refractivity contribution in [3.8, 4) is 0 Å². The van der Waals surface area contributed by atoms with E-state index in [2.05, 4.69) is 5.32 Å². The molecule has 102 valence electrons. The monoisotopic (exact) mass is 261 g/mol. The zero-order chi connectivity index (χ0) is 14.1. The van der Waals surface area contributed by atoms with E-state index in [1.807, 2.05) is 45.9 Å². The van der Waals surface area contributed by atoms with Gasteiger partial charge in [0.25, 0.3) is 5.91 Å². The molecule has 19 heavy (non-hydrogen) atoms. The Morgan fingerprint density at radius 3 is 2.16 bits per heavy atom. The van der Waals surface area contributed by atoms with Gasteiger partial charge in [-0.1, -0.05) is 18.2 Å². The maximum atomic E-state index is 11.9. The summed E-state index contributed by atoms with van der Waals surface area (Å²) in [5.74, 6) is -0.115. The number of hydrogen-bond acceptors (Lipinski definition) is 3. The fraction of sp³-hybridized carbons (Fsp3) is 0.500. The average molecular weight is 261 g/mol. The Morgan fingerprint density at radius 2 is 1.63 bits per heavy atom. The first kappa shape index (κ1) is 14.1. The van der Waals surface area contributed by atoms with Gasteiger partial charge in [0.05, 0.1) is 17.6 Å². The Bertz CT molecular complexity index is 443. The van der Waals surface area contributed by atoms with Crippen LogP contribution in [0.4, 0.5) is 0 Å². The van der Waals surface area contributed by atoms with Crippen molar-refractivity contribution in [2.45, 2.75) is 38.9 Å². The van der Waals surface area contributed by atoms with Crippen LogP contribution in [-0.2, 0) is 9.31 Å². The van der Waals surface area contributed by atoms with Crippen LogP contribution >= 0.6 is 0 Å². The Kier molecular flexibility index (Phi) is 3.70. The minimum Gasteiger partial charge on any atom is -0.402 e. The summed E-state index contributed by atoms with van der Waals surface area (Å²) in [6.07, 6.45) is 0.348. The lowest BCUT2D eigenvalue weighted by Gasteiger charge is -2.32. The van der Waals surface area contributed by atoms with Crippen molar-refractivity contribution in [2.75, 3.05) is 6.44 Å². The summed E-state index contributed by atoms with van der Waals surface area (Å²) in [5, 5.41) is 2.83. The van der Waals surface area contributed by atoms with Crippen molar-refractivity contribution in [2.24, 2.45) is 0 Å². The molecule has 1 saturated heterocycles. The second-order valence-electron chi connectivity index (χ2n) is 5.76. The van der Waals surface area contributed by atoms with E-state index in [-0.39, 0.29) is 17.1 Å². The number of amides is 1. The van der Waals surface area contributed by atoms with E-state index >= 15 is 0 Å². The van der Waals surface area contributed by atoms with Crippen LogP contribution in [0.5, 0.6) is 0 Å². The van der Waals surface area contributed by atoms with Gasteiger partial charge in [-0.15, -0.1) is 0 Å². The van der Waals surface area contributed by atoms with E-state index in [0.717, 1.165) is 0 Å². The van der Waals surface area contributed by atoms with Crippen LogP contribution in [0.2, 0.25) is 0 Å². The summed E-state index contributed by atoms with van der Waals surface area (Å²) >= 11 is 0. The zero-order valence-corrected chi connectivity index (χ0v) is 11.9. The van der Waals surface area contributed by atoms with E-state index in [4.69, 9.17) is 9.31 Å². The predicted molar refractivity (Wildman–Crippen MR) is 74.9 cm³/mol. The van der Waals surface area contributed by atoms with Crippen LogP contribution in [0.3, 0.4) is 0 Å². The number of hydrogen-bond donors (Lipinski definition) is 1. The van der Waals surface area contributed by atoms with E-state index in [9.17, 15) is 4.79 Å². The SMILES string of the molecule is CC1(C)OB(CNC(=O)c2ccccc2)OC1(C)C. The molecular weight excluding hydrogens is 241 g/mol. The highest BCUT2D eigenvalue weighted by atomic mass is 16.7. The molecule has 1 fully saturated rings. The van der Waals surface area contributed by atoms with Crippen LogP contribution in [-0.4, -0.2) is 30.7 Å². The first-order chi connectivity index (χ1) is 8.82. The summed E-state index contributed by atoms with van der Waals surface area (Å²) in [7, 11) is -0.405. The topological polar surface area (TPSA) is 47.6 Å². The Hall–Kier alpha value is -1.33. The van der Waals surface area contributed by atoms with Crippen molar-refractivity contribution >= 4 is 13.0 Å². The molecule has 0 spiro atoms. The Morgan fingerprint density at radius 1 is 1.11 bits per heavy atom. The van der Waals surface area contributed by atoms with Gasteiger partial charge in [-0.3, -0.25) is 4.79 Å². The molecule has 0 aliphatic carbocycles. The van der Waals surface area contributed by atoms with E-state index in [1.165, 1.54) is 0 Å². The molecule has 1 amide bonds. The zero-order valence-electron chi connectivity index (χ0n) is 11.9. The third-order valence-electron chi connectivity index (χ3n) is 3.77. The summed E-state index contributed by atoms with van der Waals surface area (Å²) in [6.45, 7) is 7.97. The molecular formula is C14H20BNO3. The van der Waals surface area contributed by atoms with E-state index in [1.54, 1.807) is 12.1 Å². The van der Waals surface area contributed by atoms with Gasteiger partial charge in [-0.25, -0.2) is 0 Å². The minimum atomic E-state index is -0.405. The average Bonchev–Trinajstić information content (AvgIpc) is 2.56. The van der Waals surface area contributed by atoms with E-state index in [0.29, 0.717) is 12.0 Å². The highest BCUT2D eigenvalue weighted by Crippen LogP contribution is 2.36. The third-order valence-corrected chi connectivity index (χ3v) is 3.77. The first-order valence-corrected chi connectivity index (χ1v) is 6.51. The minimum absolute atomic E-state index is 0.115. The van der Waals surface area contributed by atoms with Gasteiger partial charge in [-0.2, -0.15) is 0 Å². The standard InChI is InChI=1S/C14H20BNO3/c1-13(2)14(3,4)19-15(18-13)10-16-12(17)11-8-6-5-7-9-11/h5-9H,10H2,1-4H3,(H,16,17). The lowest BCUT2D eigenvalue weighted by Crippen LogP contribution is -2.41. The number of nitrogens with one attached hydrogen (secondary N) is 1. The highest BCUT2D eigenvalue weighted by molar-refractivity contribution is 6.46. The Balaban J connectivity index is 1.90. The van der Waals surface area contributed by atoms with Crippen LogP contribution in [0, 0.1) is 0 Å². The van der Waals surface area contributed by atoms with Crippen LogP contribution in [0.1, 0.15) is 38.1 Å². The van der Waals surface area contributed by atoms with Crippen molar-refractivity contribution in [1.82, 2.24) is 5.32 Å². The third kappa shape index (κ3) is 2.99. The van der Waals surface area contributed by atoms with Gasteiger partial charge in [-0.05, 0) is 39.8 Å². The molecule has 1 aromatic carbocycles. The number of benzene rings is 1. The molecule has 0 aromatic heterocycles. The molecule has 1 aromatic rings. The molecule has 0 saturated carbocycles. The summed E-state index contributed by atoms with van der Waals surface area (Å²) < 4.78 is 11.6. The van der Waals surface area contributed by atoms with Crippen LogP contribution < -0.4 is 5.32 Å². The predicted octanol–water partition coefficient (Wildman–Crippen LogP) is 2.05. The fourth-order valence-corrected chi connectivity index (χ4v) is 1.92. The molecule has 2 rings (SSSR count). The van der Waals surface area contributed by atoms with Crippen molar-refractivity contribution in [3.63, 3.8) is 0 Å². The normalized spacial score (nSPS) is 20.3. The fourth-order valence-electron chi connectivity index (χ4n) is 1.92. The molecule has 0 radical (unpaired) electrons. The molecule has 0 atom stereocenters. The van der Waals surface area contributed by atoms with E-state index < -0.39 is 7.12 Å².